The molecular formula is C20H12Cl2F3N3O6. The van der Waals surface area contributed by atoms with Gasteiger partial charge in [-0.1, -0.05) is 29.3 Å². The van der Waals surface area contributed by atoms with Crippen LogP contribution in [0, 0.1) is 10.1 Å². The van der Waals surface area contributed by atoms with Crippen molar-refractivity contribution in [3.05, 3.63) is 79.5 Å². The number of hydrogen-bond acceptors (Lipinski definition) is 6. The van der Waals surface area contributed by atoms with Crippen LogP contribution in [0.25, 0.3) is 0 Å². The molecule has 1 aliphatic rings. The van der Waals surface area contributed by atoms with Crippen molar-refractivity contribution in [2.45, 2.75) is 18.6 Å². The van der Waals surface area contributed by atoms with Crippen molar-refractivity contribution < 1.29 is 37.5 Å². The van der Waals surface area contributed by atoms with Crippen LogP contribution in [0.5, 0.6) is 11.6 Å². The summed E-state index contributed by atoms with van der Waals surface area (Å²) in [6.07, 6.45) is -1.80. The Morgan fingerprint density at radius 2 is 1.97 bits per heavy atom. The molecule has 14 heteroatoms. The van der Waals surface area contributed by atoms with E-state index in [0.717, 1.165) is 18.2 Å². The average Bonchev–Trinajstić information content (AvgIpc) is 2.75. The second kappa shape index (κ2) is 9.69. The molecule has 0 spiro atoms. The lowest BCUT2D eigenvalue weighted by atomic mass is 10.0. The molecule has 1 amide bonds. The van der Waals surface area contributed by atoms with Crippen molar-refractivity contribution in [3.8, 4) is 11.6 Å². The number of anilines is 1. The van der Waals surface area contributed by atoms with Gasteiger partial charge in [0.25, 0.3) is 5.91 Å². The maximum absolute atomic E-state index is 12.7. The van der Waals surface area contributed by atoms with Crippen LogP contribution in [-0.2, 0) is 11.0 Å². The lowest BCUT2D eigenvalue weighted by molar-refractivity contribution is -0.508. The first-order valence-corrected chi connectivity index (χ1v) is 9.93. The molecule has 0 fully saturated rings. The quantitative estimate of drug-likeness (QED) is 0.393. The zero-order valence-corrected chi connectivity index (χ0v) is 18.1. The number of rotatable bonds is 6. The number of halogens is 5. The Kier molecular flexibility index (Phi) is 7.12. The van der Waals surface area contributed by atoms with E-state index in [9.17, 15) is 38.0 Å². The molecule has 0 saturated carbocycles. The van der Waals surface area contributed by atoms with E-state index in [1.807, 2.05) is 0 Å². The molecule has 2 aromatic rings. The first kappa shape index (κ1) is 25.0. The van der Waals surface area contributed by atoms with Crippen LogP contribution >= 0.6 is 23.2 Å². The van der Waals surface area contributed by atoms with Gasteiger partial charge in [-0.15, -0.1) is 0 Å². The average molecular weight is 518 g/mol. The third kappa shape index (κ3) is 5.64. The fraction of sp³-hybridized carbons (Fsp3) is 0.150. The Morgan fingerprint density at radius 1 is 1.26 bits per heavy atom. The summed E-state index contributed by atoms with van der Waals surface area (Å²) in [6.45, 7) is 0. The predicted octanol–water partition coefficient (Wildman–Crippen LogP) is 5.28. The van der Waals surface area contributed by atoms with Gasteiger partial charge in [-0.25, -0.2) is 9.78 Å². The van der Waals surface area contributed by atoms with Crippen LogP contribution < -0.4 is 10.1 Å². The third-order valence-electron chi connectivity index (χ3n) is 4.49. The zero-order valence-electron chi connectivity index (χ0n) is 16.6. The number of nitrogens with zero attached hydrogens (tertiary/aromatic N) is 2. The molecule has 1 aromatic heterocycles. The molecule has 3 rings (SSSR count). The molecule has 1 heterocycles. The van der Waals surface area contributed by atoms with Crippen molar-refractivity contribution in [1.82, 2.24) is 4.98 Å². The number of hydrogen-bond donors (Lipinski definition) is 2. The van der Waals surface area contributed by atoms with E-state index >= 15 is 0 Å². The minimum absolute atomic E-state index is 0.00439. The number of pyridine rings is 1. The molecule has 1 aromatic carbocycles. The summed E-state index contributed by atoms with van der Waals surface area (Å²) < 4.78 is 43.5. The van der Waals surface area contributed by atoms with Crippen molar-refractivity contribution in [2.24, 2.45) is 0 Å². The molecule has 0 radical (unpaired) electrons. The van der Waals surface area contributed by atoms with E-state index in [0.29, 0.717) is 12.3 Å². The SMILES string of the molecule is O=C(Nc1ccc(Oc2ncc(C(F)(F)F)cc2Cl)cc1C(=O)O)C1=CC([N+](=O)[O-])CC=C1Cl. The van der Waals surface area contributed by atoms with Crippen LogP contribution in [0.3, 0.4) is 0 Å². The van der Waals surface area contributed by atoms with Gasteiger partial charge in [0.2, 0.25) is 11.9 Å². The molecular weight excluding hydrogens is 506 g/mol. The number of carbonyl (C=O) groups excluding carboxylic acids is 1. The molecule has 9 nitrogen and oxygen atoms in total. The molecule has 1 aliphatic carbocycles. The molecule has 2 N–H and O–H groups in total. The summed E-state index contributed by atoms with van der Waals surface area (Å²) in [5, 5.41) is 22.3. The van der Waals surface area contributed by atoms with Gasteiger partial charge in [0.15, 0.2) is 0 Å². The van der Waals surface area contributed by atoms with Gasteiger partial charge in [-0.05, 0) is 24.3 Å². The highest BCUT2D eigenvalue weighted by Crippen LogP contribution is 2.35. The molecule has 0 saturated heterocycles. The maximum Gasteiger partial charge on any atom is 0.417 e. The number of aromatic carboxylic acids is 1. The van der Waals surface area contributed by atoms with Gasteiger partial charge in [-0.2, -0.15) is 13.2 Å². The van der Waals surface area contributed by atoms with Gasteiger partial charge in [0, 0.05) is 28.6 Å². The Labute approximate surface area is 198 Å². The van der Waals surface area contributed by atoms with E-state index in [1.54, 1.807) is 0 Å². The number of benzene rings is 1. The van der Waals surface area contributed by atoms with Crippen LogP contribution in [0.15, 0.2) is 53.2 Å². The van der Waals surface area contributed by atoms with Gasteiger partial charge in [0.05, 0.1) is 22.4 Å². The van der Waals surface area contributed by atoms with Crippen LogP contribution in [0.2, 0.25) is 5.02 Å². The number of amides is 1. The van der Waals surface area contributed by atoms with E-state index < -0.39 is 51.0 Å². The topological polar surface area (TPSA) is 132 Å². The summed E-state index contributed by atoms with van der Waals surface area (Å²) in [6, 6.07) is 2.79. The number of nitro groups is 1. The largest absolute Gasteiger partial charge is 0.478 e. The molecule has 0 bridgehead atoms. The summed E-state index contributed by atoms with van der Waals surface area (Å²) >= 11 is 11.8. The van der Waals surface area contributed by atoms with Crippen molar-refractivity contribution in [1.29, 1.82) is 0 Å². The highest BCUT2D eigenvalue weighted by Gasteiger charge is 2.32. The third-order valence-corrected chi connectivity index (χ3v) is 5.12. The minimum Gasteiger partial charge on any atom is -0.478 e. The Hall–Kier alpha value is -3.64. The van der Waals surface area contributed by atoms with E-state index in [4.69, 9.17) is 27.9 Å². The van der Waals surface area contributed by atoms with Gasteiger partial charge < -0.3 is 15.2 Å². The summed E-state index contributed by atoms with van der Waals surface area (Å²) in [4.78, 5) is 38.2. The molecule has 34 heavy (non-hydrogen) atoms. The number of carboxylic acids is 1. The second-order valence-electron chi connectivity index (χ2n) is 6.80. The maximum atomic E-state index is 12.7. The summed E-state index contributed by atoms with van der Waals surface area (Å²) in [5.74, 6) is -2.91. The van der Waals surface area contributed by atoms with Crippen LogP contribution in [-0.4, -0.2) is 32.9 Å². The van der Waals surface area contributed by atoms with Gasteiger partial charge in [-0.3, -0.25) is 14.9 Å². The van der Waals surface area contributed by atoms with E-state index in [-0.39, 0.29) is 28.5 Å². The van der Waals surface area contributed by atoms with Crippen molar-refractivity contribution in [2.75, 3.05) is 5.32 Å². The number of nitrogens with one attached hydrogen (secondary N) is 1. The lowest BCUT2D eigenvalue weighted by Gasteiger charge is -2.15. The first-order chi connectivity index (χ1) is 15.9. The Balaban J connectivity index is 1.85. The molecule has 1 atom stereocenters. The van der Waals surface area contributed by atoms with Gasteiger partial charge in [0.1, 0.15) is 10.8 Å². The number of carboxylic acid groups (broad SMARTS) is 1. The summed E-state index contributed by atoms with van der Waals surface area (Å²) in [5.41, 5.74) is -1.94. The fourth-order valence-corrected chi connectivity index (χ4v) is 3.28. The standard InChI is InChI=1S/C20H12Cl2F3N3O6/c21-14-3-1-10(28(32)33)6-12(14)17(29)27-16-4-2-11(7-13(16)19(30)31)34-18-15(22)5-9(8-26-18)20(23,24)25/h2-8,10H,1H2,(H,27,29)(H,30,31). The number of ether oxygens (including phenoxy) is 1. The fourth-order valence-electron chi connectivity index (χ4n) is 2.83. The number of aromatic nitrogens is 1. The van der Waals surface area contributed by atoms with Crippen molar-refractivity contribution >= 4 is 40.8 Å². The number of carbonyl (C=O) groups is 2. The second-order valence-corrected chi connectivity index (χ2v) is 7.61. The smallest absolute Gasteiger partial charge is 0.417 e. The van der Waals surface area contributed by atoms with E-state index in [2.05, 4.69) is 10.3 Å². The normalized spacial score (nSPS) is 15.7. The highest BCUT2D eigenvalue weighted by atomic mass is 35.5. The first-order valence-electron chi connectivity index (χ1n) is 9.17. The predicted molar refractivity (Wildman–Crippen MR) is 114 cm³/mol. The zero-order chi connectivity index (χ0) is 25.2. The number of alkyl halides is 3. The van der Waals surface area contributed by atoms with Crippen LogP contribution in [0.4, 0.5) is 18.9 Å². The van der Waals surface area contributed by atoms with Crippen molar-refractivity contribution in [3.63, 3.8) is 0 Å². The monoisotopic (exact) mass is 517 g/mol. The molecule has 178 valence electrons. The highest BCUT2D eigenvalue weighted by molar-refractivity contribution is 6.36. The molecule has 0 aliphatic heterocycles. The Morgan fingerprint density at radius 3 is 2.56 bits per heavy atom. The van der Waals surface area contributed by atoms with E-state index in [1.165, 1.54) is 12.1 Å². The summed E-state index contributed by atoms with van der Waals surface area (Å²) in [7, 11) is 0. The van der Waals surface area contributed by atoms with Crippen LogP contribution in [0.1, 0.15) is 22.3 Å². The lowest BCUT2D eigenvalue weighted by Crippen LogP contribution is -2.24. The minimum atomic E-state index is -4.67. The van der Waals surface area contributed by atoms with Gasteiger partial charge >= 0.3 is 12.1 Å². The Bertz CT molecular complexity index is 1250. The molecule has 1 unspecified atom stereocenters.